The molecule has 1 saturated heterocycles. The van der Waals surface area contributed by atoms with Crippen LogP contribution in [0.2, 0.25) is 0 Å². The molecule has 120 valence electrons. The van der Waals surface area contributed by atoms with E-state index in [0.29, 0.717) is 13.0 Å². The smallest absolute Gasteiger partial charge is 0.326 e. The average molecular weight is 311 g/mol. The van der Waals surface area contributed by atoms with Gasteiger partial charge in [-0.2, -0.15) is 0 Å². The van der Waals surface area contributed by atoms with Crippen LogP contribution >= 0.6 is 0 Å². The van der Waals surface area contributed by atoms with E-state index in [1.165, 1.54) is 19.2 Å². The van der Waals surface area contributed by atoms with Gasteiger partial charge in [-0.15, -0.1) is 0 Å². The summed E-state index contributed by atoms with van der Waals surface area (Å²) in [5, 5.41) is 11.8. The third kappa shape index (κ3) is 3.73. The molecule has 0 aromatic heterocycles. The SMILES string of the molecule is COc1ccc(F)cc1C(=O)NC(C(=O)O)C1CCCOC1. The molecule has 1 aliphatic heterocycles. The maximum atomic E-state index is 13.3. The minimum atomic E-state index is -1.14. The van der Waals surface area contributed by atoms with Crippen LogP contribution in [0.3, 0.4) is 0 Å². The molecule has 1 amide bonds. The largest absolute Gasteiger partial charge is 0.496 e. The van der Waals surface area contributed by atoms with E-state index < -0.39 is 23.7 Å². The van der Waals surface area contributed by atoms with Gasteiger partial charge in [0.2, 0.25) is 0 Å². The molecule has 1 heterocycles. The quantitative estimate of drug-likeness (QED) is 0.859. The van der Waals surface area contributed by atoms with Crippen molar-refractivity contribution in [3.05, 3.63) is 29.6 Å². The fraction of sp³-hybridized carbons (Fsp3) is 0.467. The monoisotopic (exact) mass is 311 g/mol. The second-order valence-electron chi connectivity index (χ2n) is 5.11. The number of hydrogen-bond donors (Lipinski definition) is 2. The van der Waals surface area contributed by atoms with Crippen LogP contribution in [0.5, 0.6) is 5.75 Å². The van der Waals surface area contributed by atoms with Crippen molar-refractivity contribution >= 4 is 11.9 Å². The van der Waals surface area contributed by atoms with E-state index >= 15 is 0 Å². The maximum Gasteiger partial charge on any atom is 0.326 e. The summed E-state index contributed by atoms with van der Waals surface area (Å²) >= 11 is 0. The van der Waals surface area contributed by atoms with Crippen LogP contribution in [0.1, 0.15) is 23.2 Å². The predicted molar refractivity (Wildman–Crippen MR) is 75.4 cm³/mol. The van der Waals surface area contributed by atoms with Crippen LogP contribution in [0.25, 0.3) is 0 Å². The van der Waals surface area contributed by atoms with Crippen molar-refractivity contribution in [2.24, 2.45) is 5.92 Å². The van der Waals surface area contributed by atoms with Gasteiger partial charge in [0.1, 0.15) is 17.6 Å². The van der Waals surface area contributed by atoms with Gasteiger partial charge in [-0.25, -0.2) is 9.18 Å². The molecule has 2 atom stereocenters. The van der Waals surface area contributed by atoms with Crippen LogP contribution in [0.15, 0.2) is 18.2 Å². The number of ether oxygens (including phenoxy) is 2. The first kappa shape index (κ1) is 16.2. The molecular weight excluding hydrogens is 293 g/mol. The Balaban J connectivity index is 2.17. The fourth-order valence-electron chi connectivity index (χ4n) is 2.49. The van der Waals surface area contributed by atoms with Crippen LogP contribution < -0.4 is 10.1 Å². The first-order valence-corrected chi connectivity index (χ1v) is 6.98. The Morgan fingerprint density at radius 3 is 2.86 bits per heavy atom. The fourth-order valence-corrected chi connectivity index (χ4v) is 2.49. The highest BCUT2D eigenvalue weighted by Crippen LogP contribution is 2.22. The standard InChI is InChI=1S/C15H18FNO5/c1-21-12-5-4-10(16)7-11(12)14(18)17-13(15(19)20)9-3-2-6-22-8-9/h4-5,7,9,13H,2-3,6,8H2,1H3,(H,17,18)(H,19,20). The molecule has 0 saturated carbocycles. The minimum Gasteiger partial charge on any atom is -0.496 e. The van der Waals surface area contributed by atoms with Crippen molar-refractivity contribution in [3.63, 3.8) is 0 Å². The molecular formula is C15H18FNO5. The van der Waals surface area contributed by atoms with Crippen molar-refractivity contribution in [2.75, 3.05) is 20.3 Å². The van der Waals surface area contributed by atoms with E-state index in [0.717, 1.165) is 12.5 Å². The number of methoxy groups -OCH3 is 1. The van der Waals surface area contributed by atoms with Gasteiger partial charge in [0.05, 0.1) is 19.3 Å². The van der Waals surface area contributed by atoms with Gasteiger partial charge in [0, 0.05) is 12.5 Å². The lowest BCUT2D eigenvalue weighted by atomic mass is 9.93. The second-order valence-corrected chi connectivity index (χ2v) is 5.11. The summed E-state index contributed by atoms with van der Waals surface area (Å²) in [6, 6.07) is 2.42. The molecule has 2 rings (SSSR count). The molecule has 22 heavy (non-hydrogen) atoms. The van der Waals surface area contributed by atoms with Crippen LogP contribution in [0, 0.1) is 11.7 Å². The summed E-state index contributed by atoms with van der Waals surface area (Å²) in [5.74, 6) is -2.55. The summed E-state index contributed by atoms with van der Waals surface area (Å²) < 4.78 is 23.6. The molecule has 6 nitrogen and oxygen atoms in total. The number of carboxylic acids is 1. The van der Waals surface area contributed by atoms with Gasteiger partial charge < -0.3 is 19.9 Å². The summed E-state index contributed by atoms with van der Waals surface area (Å²) in [4.78, 5) is 23.7. The Bertz CT molecular complexity index is 557. The molecule has 0 spiro atoms. The highest BCUT2D eigenvalue weighted by atomic mass is 19.1. The van der Waals surface area contributed by atoms with Crippen molar-refractivity contribution in [2.45, 2.75) is 18.9 Å². The minimum absolute atomic E-state index is 0.0366. The zero-order valence-electron chi connectivity index (χ0n) is 12.2. The number of hydrogen-bond acceptors (Lipinski definition) is 4. The lowest BCUT2D eigenvalue weighted by Gasteiger charge is -2.28. The Morgan fingerprint density at radius 1 is 1.50 bits per heavy atom. The van der Waals surface area contributed by atoms with Gasteiger partial charge in [-0.05, 0) is 31.0 Å². The van der Waals surface area contributed by atoms with E-state index in [4.69, 9.17) is 9.47 Å². The summed E-state index contributed by atoms with van der Waals surface area (Å²) in [6.45, 7) is 0.867. The second kappa shape index (κ2) is 7.22. The van der Waals surface area contributed by atoms with Crippen molar-refractivity contribution in [1.82, 2.24) is 5.32 Å². The number of carbonyl (C=O) groups is 2. The van der Waals surface area contributed by atoms with Crippen molar-refractivity contribution < 1.29 is 28.6 Å². The molecule has 0 radical (unpaired) electrons. The topological polar surface area (TPSA) is 84.9 Å². The van der Waals surface area contributed by atoms with E-state index in [9.17, 15) is 19.1 Å². The van der Waals surface area contributed by atoms with Gasteiger partial charge in [-0.3, -0.25) is 4.79 Å². The molecule has 0 aliphatic carbocycles. The van der Waals surface area contributed by atoms with Crippen molar-refractivity contribution in [3.8, 4) is 5.75 Å². The number of halogens is 1. The third-order valence-corrected chi connectivity index (χ3v) is 3.63. The van der Waals surface area contributed by atoms with E-state index in [1.54, 1.807) is 0 Å². The van der Waals surface area contributed by atoms with Gasteiger partial charge in [-0.1, -0.05) is 0 Å². The average Bonchev–Trinajstić information content (AvgIpc) is 2.52. The number of carboxylic acid groups (broad SMARTS) is 1. The summed E-state index contributed by atoms with van der Waals surface area (Å²) in [7, 11) is 1.35. The first-order chi connectivity index (χ1) is 10.5. The molecule has 0 bridgehead atoms. The summed E-state index contributed by atoms with van der Waals surface area (Å²) in [5.41, 5.74) is -0.0366. The number of carbonyl (C=O) groups excluding carboxylic acids is 1. The summed E-state index contributed by atoms with van der Waals surface area (Å²) in [6.07, 6.45) is 1.39. The van der Waals surface area contributed by atoms with Gasteiger partial charge >= 0.3 is 5.97 Å². The van der Waals surface area contributed by atoms with Crippen molar-refractivity contribution in [1.29, 1.82) is 0 Å². The van der Waals surface area contributed by atoms with E-state index in [1.807, 2.05) is 0 Å². The number of benzene rings is 1. The van der Waals surface area contributed by atoms with Gasteiger partial charge in [0.15, 0.2) is 0 Å². The molecule has 2 unspecified atom stereocenters. The lowest BCUT2D eigenvalue weighted by Crippen LogP contribution is -2.48. The number of rotatable bonds is 5. The van der Waals surface area contributed by atoms with Gasteiger partial charge in [0.25, 0.3) is 5.91 Å². The normalized spacial score (nSPS) is 19.3. The Labute approximate surface area is 127 Å². The zero-order valence-corrected chi connectivity index (χ0v) is 12.2. The molecule has 1 aromatic rings. The lowest BCUT2D eigenvalue weighted by molar-refractivity contribution is -0.142. The molecule has 1 aromatic carbocycles. The zero-order chi connectivity index (χ0) is 16.1. The highest BCUT2D eigenvalue weighted by Gasteiger charge is 2.32. The molecule has 7 heteroatoms. The Morgan fingerprint density at radius 2 is 2.27 bits per heavy atom. The number of nitrogens with one attached hydrogen (secondary N) is 1. The highest BCUT2D eigenvalue weighted by molar-refractivity contribution is 5.99. The molecule has 2 N–H and O–H groups in total. The molecule has 1 aliphatic rings. The Hall–Kier alpha value is -2.15. The Kier molecular flexibility index (Phi) is 5.32. The molecule has 1 fully saturated rings. The first-order valence-electron chi connectivity index (χ1n) is 6.98. The number of aliphatic carboxylic acids is 1. The number of amides is 1. The van der Waals surface area contributed by atoms with Crippen LogP contribution in [0.4, 0.5) is 4.39 Å². The maximum absolute atomic E-state index is 13.3. The predicted octanol–water partition coefficient (Wildman–Crippen LogP) is 1.44. The van der Waals surface area contributed by atoms with Crippen LogP contribution in [-0.4, -0.2) is 43.3 Å². The van der Waals surface area contributed by atoms with E-state index in [2.05, 4.69) is 5.32 Å². The van der Waals surface area contributed by atoms with E-state index in [-0.39, 0.29) is 23.8 Å². The third-order valence-electron chi connectivity index (χ3n) is 3.63. The van der Waals surface area contributed by atoms with Crippen LogP contribution in [-0.2, 0) is 9.53 Å².